The van der Waals surface area contributed by atoms with E-state index in [1.54, 1.807) is 0 Å². The molecule has 0 heterocycles. The van der Waals surface area contributed by atoms with Gasteiger partial charge in [-0.05, 0) is 6.42 Å². The first-order valence-electron chi connectivity index (χ1n) is 4.41. The summed E-state index contributed by atoms with van der Waals surface area (Å²) in [6.45, 7) is 0.199. The minimum atomic E-state index is -1.18. The molecule has 0 bridgehead atoms. The van der Waals surface area contributed by atoms with Gasteiger partial charge in [-0.25, -0.2) is 4.79 Å². The van der Waals surface area contributed by atoms with Crippen LogP contribution in [-0.4, -0.2) is 48.5 Å². The fourth-order valence-electron chi connectivity index (χ4n) is 0.950. The molecule has 0 fully saturated rings. The average Bonchev–Trinajstić information content (AvgIpc) is 2.15. The molecule has 0 saturated carbocycles. The predicted octanol–water partition coefficient (Wildman–Crippen LogP) is -0.859. The maximum Gasteiger partial charge on any atom is 0.328 e. The molecule has 6 nitrogen and oxygen atoms in total. The molecule has 0 radical (unpaired) electrons. The zero-order chi connectivity index (χ0) is 11.7. The van der Waals surface area contributed by atoms with Crippen molar-refractivity contribution in [3.8, 4) is 0 Å². The maximum atomic E-state index is 11.1. The number of rotatable bonds is 7. The first kappa shape index (κ1) is 13.6. The van der Waals surface area contributed by atoms with Crippen LogP contribution in [0.25, 0.3) is 0 Å². The van der Waals surface area contributed by atoms with Crippen LogP contribution in [0.2, 0.25) is 0 Å². The topological polar surface area (TPSA) is 95.9 Å². The van der Waals surface area contributed by atoms with Crippen LogP contribution in [0.1, 0.15) is 6.42 Å². The van der Waals surface area contributed by atoms with E-state index in [0.717, 1.165) is 12.2 Å². The Morgan fingerprint density at radius 1 is 1.47 bits per heavy atom. The van der Waals surface area contributed by atoms with Crippen molar-refractivity contribution in [3.05, 3.63) is 12.2 Å². The van der Waals surface area contributed by atoms with E-state index in [-0.39, 0.29) is 19.3 Å². The Bertz CT molecular complexity index is 233. The average molecular weight is 217 g/mol. The molecule has 0 aliphatic rings. The van der Waals surface area contributed by atoms with E-state index in [2.05, 4.69) is 5.32 Å². The Labute approximate surface area is 87.5 Å². The highest BCUT2D eigenvalue weighted by Gasteiger charge is 2.09. The van der Waals surface area contributed by atoms with Crippen LogP contribution in [0.5, 0.6) is 0 Å². The second kappa shape index (κ2) is 7.95. The number of carbonyl (C=O) groups excluding carboxylic acids is 1. The Morgan fingerprint density at radius 2 is 2.13 bits per heavy atom. The van der Waals surface area contributed by atoms with Crippen molar-refractivity contribution in [2.75, 3.05) is 20.3 Å². The third kappa shape index (κ3) is 7.65. The molecule has 0 aromatic rings. The number of methoxy groups -OCH3 is 1. The highest BCUT2D eigenvalue weighted by molar-refractivity contribution is 5.93. The second-order valence-corrected chi connectivity index (χ2v) is 2.84. The maximum absolute atomic E-state index is 11.1. The molecule has 1 amide bonds. The smallest absolute Gasteiger partial charge is 0.328 e. The number of aliphatic hydroxyl groups excluding tert-OH is 1. The van der Waals surface area contributed by atoms with Gasteiger partial charge >= 0.3 is 5.97 Å². The normalized spacial score (nSPS) is 12.7. The van der Waals surface area contributed by atoms with Crippen LogP contribution in [-0.2, 0) is 14.3 Å². The SMILES string of the molecule is COCC(CCO)NC(=O)/C=C/C(=O)O. The number of aliphatic carboxylic acids is 1. The lowest BCUT2D eigenvalue weighted by molar-refractivity contribution is -0.131. The van der Waals surface area contributed by atoms with Gasteiger partial charge in [-0.2, -0.15) is 0 Å². The van der Waals surface area contributed by atoms with Crippen molar-refractivity contribution < 1.29 is 24.5 Å². The zero-order valence-electron chi connectivity index (χ0n) is 8.47. The number of ether oxygens (including phenoxy) is 1. The molecule has 15 heavy (non-hydrogen) atoms. The third-order valence-electron chi connectivity index (χ3n) is 1.57. The van der Waals surface area contributed by atoms with E-state index in [1.807, 2.05) is 0 Å². The lowest BCUT2D eigenvalue weighted by atomic mass is 10.2. The predicted molar refractivity (Wildman–Crippen MR) is 52.3 cm³/mol. The van der Waals surface area contributed by atoms with E-state index >= 15 is 0 Å². The van der Waals surface area contributed by atoms with Gasteiger partial charge in [0.25, 0.3) is 0 Å². The van der Waals surface area contributed by atoms with E-state index in [0.29, 0.717) is 6.42 Å². The summed E-state index contributed by atoms with van der Waals surface area (Å²) in [5, 5.41) is 19.4. The number of carbonyl (C=O) groups is 2. The molecule has 0 aliphatic carbocycles. The van der Waals surface area contributed by atoms with Gasteiger partial charge in [0.1, 0.15) is 0 Å². The molecule has 0 aliphatic heterocycles. The van der Waals surface area contributed by atoms with Gasteiger partial charge in [-0.1, -0.05) is 0 Å². The minimum Gasteiger partial charge on any atom is -0.478 e. The number of carboxylic acid groups (broad SMARTS) is 1. The first-order chi connectivity index (χ1) is 7.10. The lowest BCUT2D eigenvalue weighted by Crippen LogP contribution is -2.37. The summed E-state index contributed by atoms with van der Waals surface area (Å²) in [5.74, 6) is -1.71. The number of carboxylic acids is 1. The quantitative estimate of drug-likeness (QED) is 0.482. The molecule has 0 aromatic heterocycles. The van der Waals surface area contributed by atoms with E-state index < -0.39 is 11.9 Å². The molecular weight excluding hydrogens is 202 g/mol. The summed E-state index contributed by atoms with van der Waals surface area (Å²) in [5.41, 5.74) is 0. The van der Waals surface area contributed by atoms with Gasteiger partial charge in [0.05, 0.1) is 12.6 Å². The third-order valence-corrected chi connectivity index (χ3v) is 1.57. The van der Waals surface area contributed by atoms with Gasteiger partial charge in [0.2, 0.25) is 5.91 Å². The summed E-state index contributed by atoms with van der Waals surface area (Å²) in [6.07, 6.45) is 2.03. The van der Waals surface area contributed by atoms with Crippen molar-refractivity contribution in [1.29, 1.82) is 0 Å². The van der Waals surface area contributed by atoms with Gasteiger partial charge in [-0.15, -0.1) is 0 Å². The number of hydrogen-bond donors (Lipinski definition) is 3. The Kier molecular flexibility index (Phi) is 7.21. The minimum absolute atomic E-state index is 0.0725. The van der Waals surface area contributed by atoms with Gasteiger partial charge in [0.15, 0.2) is 0 Å². The molecule has 0 saturated heterocycles. The number of amides is 1. The Balaban J connectivity index is 4.04. The van der Waals surface area contributed by atoms with Crippen molar-refractivity contribution in [2.24, 2.45) is 0 Å². The molecule has 1 unspecified atom stereocenters. The van der Waals surface area contributed by atoms with Crippen LogP contribution >= 0.6 is 0 Å². The lowest BCUT2D eigenvalue weighted by Gasteiger charge is -2.15. The molecule has 0 aromatic carbocycles. The van der Waals surface area contributed by atoms with Gasteiger partial charge in [-0.3, -0.25) is 4.79 Å². The summed E-state index contributed by atoms with van der Waals surface area (Å²) in [6, 6.07) is -0.314. The molecule has 3 N–H and O–H groups in total. The van der Waals surface area contributed by atoms with Crippen molar-refractivity contribution in [2.45, 2.75) is 12.5 Å². The summed E-state index contributed by atoms with van der Waals surface area (Å²) < 4.78 is 4.82. The number of hydrogen-bond acceptors (Lipinski definition) is 4. The molecule has 0 rings (SSSR count). The standard InChI is InChI=1S/C9H15NO5/c1-15-6-7(4-5-11)10-8(12)2-3-9(13)14/h2-3,7,11H,4-6H2,1H3,(H,10,12)(H,13,14)/b3-2+. The molecule has 86 valence electrons. The van der Waals surface area contributed by atoms with Crippen LogP contribution in [0.4, 0.5) is 0 Å². The van der Waals surface area contributed by atoms with Gasteiger partial charge < -0.3 is 20.3 Å². The largest absolute Gasteiger partial charge is 0.478 e. The second-order valence-electron chi connectivity index (χ2n) is 2.84. The summed E-state index contributed by atoms with van der Waals surface area (Å²) in [4.78, 5) is 21.2. The summed E-state index contributed by atoms with van der Waals surface area (Å²) in [7, 11) is 1.48. The molecular formula is C9H15NO5. The fourth-order valence-corrected chi connectivity index (χ4v) is 0.950. The van der Waals surface area contributed by atoms with E-state index in [4.69, 9.17) is 14.9 Å². The van der Waals surface area contributed by atoms with Crippen LogP contribution in [0, 0.1) is 0 Å². The molecule has 6 heteroatoms. The van der Waals surface area contributed by atoms with Crippen LogP contribution in [0.15, 0.2) is 12.2 Å². The van der Waals surface area contributed by atoms with E-state index in [9.17, 15) is 9.59 Å². The highest BCUT2D eigenvalue weighted by Crippen LogP contribution is 1.92. The monoisotopic (exact) mass is 217 g/mol. The molecule has 1 atom stereocenters. The molecule has 0 spiro atoms. The van der Waals surface area contributed by atoms with Crippen LogP contribution in [0.3, 0.4) is 0 Å². The fraction of sp³-hybridized carbons (Fsp3) is 0.556. The first-order valence-corrected chi connectivity index (χ1v) is 4.41. The van der Waals surface area contributed by atoms with Crippen molar-refractivity contribution in [3.63, 3.8) is 0 Å². The zero-order valence-corrected chi connectivity index (χ0v) is 8.47. The Morgan fingerprint density at radius 3 is 2.60 bits per heavy atom. The van der Waals surface area contributed by atoms with Crippen LogP contribution < -0.4 is 5.32 Å². The number of aliphatic hydroxyl groups is 1. The van der Waals surface area contributed by atoms with Gasteiger partial charge in [0, 0.05) is 25.9 Å². The number of nitrogens with one attached hydrogen (secondary N) is 1. The van der Waals surface area contributed by atoms with Crippen molar-refractivity contribution in [1.82, 2.24) is 5.32 Å². The Hall–Kier alpha value is -1.40. The van der Waals surface area contributed by atoms with E-state index in [1.165, 1.54) is 7.11 Å². The summed E-state index contributed by atoms with van der Waals surface area (Å²) >= 11 is 0. The van der Waals surface area contributed by atoms with Crippen molar-refractivity contribution >= 4 is 11.9 Å². The highest BCUT2D eigenvalue weighted by atomic mass is 16.5.